The van der Waals surface area contributed by atoms with Crippen molar-refractivity contribution in [1.82, 2.24) is 14.6 Å². The van der Waals surface area contributed by atoms with Crippen LogP contribution < -0.4 is 20.6 Å². The molecule has 2 aliphatic heterocycles. The zero-order valence-electron chi connectivity index (χ0n) is 22.5. The summed E-state index contributed by atoms with van der Waals surface area (Å²) in [5, 5.41) is 10.2. The maximum atomic E-state index is 12.6. The van der Waals surface area contributed by atoms with Gasteiger partial charge in [-0.3, -0.25) is 9.69 Å². The summed E-state index contributed by atoms with van der Waals surface area (Å²) in [5.74, 6) is 2.28. The molecule has 3 aromatic rings. The number of hydrogen-bond donors (Lipinski definition) is 3. The number of carbonyl (C=O) groups is 1. The number of amides is 1. The lowest BCUT2D eigenvalue weighted by atomic mass is 9.81. The molecule has 0 bridgehead atoms. The van der Waals surface area contributed by atoms with Crippen LogP contribution >= 0.6 is 0 Å². The molecule has 1 amide bonds. The number of halogens is 3. The predicted molar refractivity (Wildman–Crippen MR) is 146 cm³/mol. The lowest BCUT2D eigenvalue weighted by Crippen LogP contribution is -2.43. The van der Waals surface area contributed by atoms with Gasteiger partial charge in [-0.05, 0) is 79.8 Å². The van der Waals surface area contributed by atoms with E-state index in [4.69, 9.17) is 20.2 Å². The van der Waals surface area contributed by atoms with Crippen molar-refractivity contribution in [3.05, 3.63) is 72.2 Å². The van der Waals surface area contributed by atoms with Gasteiger partial charge in [0.1, 0.15) is 35.0 Å². The van der Waals surface area contributed by atoms with Gasteiger partial charge in [0.25, 0.3) is 5.91 Å². The van der Waals surface area contributed by atoms with Gasteiger partial charge in [0, 0.05) is 37.2 Å². The first-order valence-electron chi connectivity index (χ1n) is 13.4. The average molecular weight is 572 g/mol. The molecule has 12 heteroatoms. The van der Waals surface area contributed by atoms with Crippen molar-refractivity contribution < 1.29 is 32.5 Å². The van der Waals surface area contributed by atoms with Crippen LogP contribution in [0.2, 0.25) is 0 Å². The van der Waals surface area contributed by atoms with Gasteiger partial charge < -0.3 is 25.7 Å². The smallest absolute Gasteiger partial charge is 0.409 e. The van der Waals surface area contributed by atoms with Crippen LogP contribution in [0.25, 0.3) is 11.3 Å². The largest absolute Gasteiger partial charge is 0.497 e. The van der Waals surface area contributed by atoms with Gasteiger partial charge in [-0.2, -0.15) is 13.2 Å². The molecule has 0 radical (unpaired) electrons. The number of piperidine rings is 1. The van der Waals surface area contributed by atoms with Crippen molar-refractivity contribution in [3.8, 4) is 28.5 Å². The number of nitrogens with one attached hydrogen (secondary N) is 1. The van der Waals surface area contributed by atoms with Crippen LogP contribution in [0.15, 0.2) is 60.7 Å². The fourth-order valence-electron chi connectivity index (χ4n) is 5.55. The van der Waals surface area contributed by atoms with Gasteiger partial charge in [0.2, 0.25) is 0 Å². The molecule has 5 rings (SSSR count). The Bertz CT molecular complexity index is 1380. The third-order valence-electron chi connectivity index (χ3n) is 7.59. The maximum absolute atomic E-state index is 12.6. The molecule has 4 N–H and O–H groups in total. The SMILES string of the molecule is COc1ccc(Oc2ccc(-c3nc4n(c3C(N)=O)NCCC4C3CCN(C(O)/C=C/C(F)(F)F)CC3)cc2)cc1. The van der Waals surface area contributed by atoms with E-state index in [1.54, 1.807) is 53.1 Å². The number of benzene rings is 2. The van der Waals surface area contributed by atoms with E-state index in [0.717, 1.165) is 18.2 Å². The number of carbonyl (C=O) groups excluding carboxylic acids is 1. The van der Waals surface area contributed by atoms with Crippen LogP contribution in [0.5, 0.6) is 17.2 Å². The van der Waals surface area contributed by atoms with Gasteiger partial charge in [-0.1, -0.05) is 0 Å². The number of hydrogen-bond acceptors (Lipinski definition) is 7. The molecular formula is C29H32F3N5O4. The zero-order chi connectivity index (χ0) is 29.1. The molecule has 3 heterocycles. The van der Waals surface area contributed by atoms with E-state index in [1.807, 2.05) is 12.1 Å². The third kappa shape index (κ3) is 6.49. The summed E-state index contributed by atoms with van der Waals surface area (Å²) in [7, 11) is 1.60. The van der Waals surface area contributed by atoms with Crippen LogP contribution in [-0.4, -0.2) is 64.7 Å². The number of ether oxygens (including phenoxy) is 2. The minimum absolute atomic E-state index is 0.0192. The van der Waals surface area contributed by atoms with Crippen LogP contribution in [0.3, 0.4) is 0 Å². The predicted octanol–water partition coefficient (Wildman–Crippen LogP) is 4.63. The van der Waals surface area contributed by atoms with E-state index >= 15 is 0 Å². The van der Waals surface area contributed by atoms with Gasteiger partial charge in [0.05, 0.1) is 7.11 Å². The highest BCUT2D eigenvalue weighted by Gasteiger charge is 2.36. The minimum atomic E-state index is -4.47. The number of likely N-dealkylation sites (tertiary alicyclic amines) is 1. The summed E-state index contributed by atoms with van der Waals surface area (Å²) in [5.41, 5.74) is 10.5. The topological polar surface area (TPSA) is 115 Å². The quantitative estimate of drug-likeness (QED) is 0.338. The molecule has 0 saturated carbocycles. The first-order valence-corrected chi connectivity index (χ1v) is 13.4. The van der Waals surface area contributed by atoms with Crippen molar-refractivity contribution in [2.45, 2.75) is 37.6 Å². The van der Waals surface area contributed by atoms with Gasteiger partial charge in [-0.15, -0.1) is 0 Å². The number of aromatic nitrogens is 2. The monoisotopic (exact) mass is 571 g/mol. The minimum Gasteiger partial charge on any atom is -0.497 e. The first kappa shape index (κ1) is 28.5. The van der Waals surface area contributed by atoms with Crippen LogP contribution in [0.4, 0.5) is 13.2 Å². The molecule has 0 aliphatic carbocycles. The highest BCUT2D eigenvalue weighted by atomic mass is 19.4. The number of nitrogens with zero attached hydrogens (tertiary/aromatic N) is 3. The second-order valence-electron chi connectivity index (χ2n) is 10.2. The average Bonchev–Trinajstić information content (AvgIpc) is 3.37. The summed E-state index contributed by atoms with van der Waals surface area (Å²) in [6.07, 6.45) is -2.79. The van der Waals surface area contributed by atoms with Crippen LogP contribution in [-0.2, 0) is 0 Å². The molecule has 0 spiro atoms. The van der Waals surface area contributed by atoms with Crippen LogP contribution in [0, 0.1) is 5.92 Å². The highest BCUT2D eigenvalue weighted by molar-refractivity contribution is 5.97. The summed E-state index contributed by atoms with van der Waals surface area (Å²) < 4.78 is 50.3. The number of rotatable bonds is 8. The fraction of sp³-hybridized carbons (Fsp3) is 0.379. The summed E-state index contributed by atoms with van der Waals surface area (Å²) in [6, 6.07) is 14.4. The van der Waals surface area contributed by atoms with Gasteiger partial charge in [0.15, 0.2) is 5.69 Å². The maximum Gasteiger partial charge on any atom is 0.409 e. The van der Waals surface area contributed by atoms with E-state index in [1.165, 1.54) is 0 Å². The lowest BCUT2D eigenvalue weighted by molar-refractivity contribution is -0.0819. The number of allylic oxidation sites excluding steroid dienone is 1. The van der Waals surface area contributed by atoms with E-state index in [0.29, 0.717) is 61.1 Å². The number of fused-ring (bicyclic) bond motifs is 1. The number of alkyl halides is 3. The molecule has 2 unspecified atom stereocenters. The second-order valence-corrected chi connectivity index (χ2v) is 10.2. The molecule has 9 nitrogen and oxygen atoms in total. The zero-order valence-corrected chi connectivity index (χ0v) is 22.5. The van der Waals surface area contributed by atoms with Gasteiger partial charge >= 0.3 is 6.18 Å². The molecule has 41 heavy (non-hydrogen) atoms. The fourth-order valence-corrected chi connectivity index (χ4v) is 5.55. The Morgan fingerprint density at radius 1 is 1.07 bits per heavy atom. The van der Waals surface area contributed by atoms with E-state index in [2.05, 4.69) is 5.43 Å². The molecule has 2 atom stereocenters. The summed E-state index contributed by atoms with van der Waals surface area (Å²) in [6.45, 7) is 1.51. The standard InChI is InChI=1S/C29H32F3N5O4/c1-40-20-6-8-22(9-7-20)41-21-4-2-19(3-5-21)25-26(27(33)39)37-28(35-25)23(11-15-34-37)18-12-16-36(17-13-18)24(38)10-14-29(30,31)32/h2-10,14,18,23-24,34,38H,11-13,15-17H2,1H3,(H2,33,39)/b14-10+. The van der Waals surface area contributed by atoms with Crippen LogP contribution in [0.1, 0.15) is 41.5 Å². The van der Waals surface area contributed by atoms with Crippen molar-refractivity contribution >= 4 is 5.91 Å². The number of imidazole rings is 1. The first-order chi connectivity index (χ1) is 19.6. The van der Waals surface area contributed by atoms with E-state index in [-0.39, 0.29) is 23.6 Å². The van der Waals surface area contributed by atoms with Crippen molar-refractivity contribution in [2.75, 3.05) is 32.2 Å². The molecule has 1 aromatic heterocycles. The Kier molecular flexibility index (Phi) is 8.22. The van der Waals surface area contributed by atoms with Crippen molar-refractivity contribution in [3.63, 3.8) is 0 Å². The molecule has 218 valence electrons. The Morgan fingerprint density at radius 2 is 1.68 bits per heavy atom. The molecule has 2 aromatic carbocycles. The molecule has 2 aliphatic rings. The summed E-state index contributed by atoms with van der Waals surface area (Å²) >= 11 is 0. The molecular weight excluding hydrogens is 539 g/mol. The Morgan fingerprint density at radius 3 is 2.27 bits per heavy atom. The lowest BCUT2D eigenvalue weighted by Gasteiger charge is -2.38. The normalized spacial score (nSPS) is 19.0. The Balaban J connectivity index is 1.33. The summed E-state index contributed by atoms with van der Waals surface area (Å²) in [4.78, 5) is 19.1. The molecule has 1 saturated heterocycles. The van der Waals surface area contributed by atoms with E-state index < -0.39 is 18.3 Å². The number of nitrogens with two attached hydrogens (primary N) is 1. The second kappa shape index (κ2) is 11.8. The third-order valence-corrected chi connectivity index (χ3v) is 7.59. The Hall–Kier alpha value is -4.03. The van der Waals surface area contributed by atoms with Crippen molar-refractivity contribution in [1.29, 1.82) is 0 Å². The number of aliphatic hydroxyl groups excluding tert-OH is 1. The van der Waals surface area contributed by atoms with E-state index in [9.17, 15) is 23.1 Å². The molecule has 1 fully saturated rings. The number of primary amides is 1. The number of aliphatic hydroxyl groups is 1. The Labute approximate surface area is 235 Å². The highest BCUT2D eigenvalue weighted by Crippen LogP contribution is 2.39. The van der Waals surface area contributed by atoms with Crippen molar-refractivity contribution in [2.24, 2.45) is 11.7 Å². The number of methoxy groups -OCH3 is 1. The van der Waals surface area contributed by atoms with Gasteiger partial charge in [-0.25, -0.2) is 9.66 Å².